The predicted octanol–water partition coefficient (Wildman–Crippen LogP) is 2.59. The van der Waals surface area contributed by atoms with Crippen molar-refractivity contribution in [2.45, 2.75) is 13.5 Å². The molecule has 0 amide bonds. The van der Waals surface area contributed by atoms with Crippen LogP contribution in [0.2, 0.25) is 0 Å². The minimum atomic E-state index is 0.599. The molecule has 0 fully saturated rings. The Hall–Kier alpha value is -3.02. The number of imidazole rings is 1. The zero-order valence-electron chi connectivity index (χ0n) is 12.1. The van der Waals surface area contributed by atoms with Crippen molar-refractivity contribution in [2.75, 3.05) is 5.32 Å². The molecule has 22 heavy (non-hydrogen) atoms. The van der Waals surface area contributed by atoms with E-state index >= 15 is 0 Å². The maximum Gasteiger partial charge on any atom is 0.164 e. The van der Waals surface area contributed by atoms with Gasteiger partial charge in [-0.2, -0.15) is 0 Å². The van der Waals surface area contributed by atoms with Gasteiger partial charge in [-0.1, -0.05) is 0 Å². The summed E-state index contributed by atoms with van der Waals surface area (Å²) in [6.07, 6.45) is 7.28. The van der Waals surface area contributed by atoms with Gasteiger partial charge in [0.15, 0.2) is 5.65 Å². The quantitative estimate of drug-likeness (QED) is 0.628. The zero-order chi connectivity index (χ0) is 14.9. The molecule has 0 atom stereocenters. The van der Waals surface area contributed by atoms with E-state index < -0.39 is 0 Å². The highest BCUT2D eigenvalue weighted by Gasteiger charge is 2.06. The molecule has 0 aliphatic rings. The number of fused-ring (bicyclic) bond motifs is 2. The number of anilines is 1. The summed E-state index contributed by atoms with van der Waals surface area (Å²) >= 11 is 0. The molecule has 6 heteroatoms. The highest BCUT2D eigenvalue weighted by molar-refractivity contribution is 5.85. The van der Waals surface area contributed by atoms with Crippen molar-refractivity contribution >= 4 is 22.5 Å². The Bertz CT molecular complexity index is 954. The van der Waals surface area contributed by atoms with E-state index in [1.165, 1.54) is 11.9 Å². The lowest BCUT2D eigenvalue weighted by atomic mass is 10.3. The molecular formula is C16H14N6. The molecule has 0 unspecified atom stereocenters. The Kier molecular flexibility index (Phi) is 2.93. The summed E-state index contributed by atoms with van der Waals surface area (Å²) in [5, 5.41) is 4.22. The molecule has 0 aliphatic carbocycles. The van der Waals surface area contributed by atoms with Crippen molar-refractivity contribution in [1.82, 2.24) is 24.3 Å². The number of aryl methyl sites for hydroxylation is 1. The maximum atomic E-state index is 4.61. The van der Waals surface area contributed by atoms with Gasteiger partial charge in [-0.05, 0) is 36.8 Å². The Balaban J connectivity index is 1.62. The van der Waals surface area contributed by atoms with Crippen LogP contribution in [0.4, 0.5) is 5.82 Å². The lowest BCUT2D eigenvalue weighted by Crippen LogP contribution is -2.03. The summed E-state index contributed by atoms with van der Waals surface area (Å²) in [6, 6.07) is 7.96. The zero-order valence-corrected chi connectivity index (χ0v) is 12.1. The molecule has 108 valence electrons. The molecule has 4 aromatic heterocycles. The second-order valence-corrected chi connectivity index (χ2v) is 5.15. The summed E-state index contributed by atoms with van der Waals surface area (Å²) in [5.74, 6) is 0.770. The summed E-state index contributed by atoms with van der Waals surface area (Å²) in [7, 11) is 0. The van der Waals surface area contributed by atoms with Gasteiger partial charge in [0.1, 0.15) is 17.8 Å². The van der Waals surface area contributed by atoms with E-state index in [0.717, 1.165) is 22.5 Å². The van der Waals surface area contributed by atoms with Crippen LogP contribution in [0.15, 0.2) is 49.2 Å². The number of rotatable bonds is 3. The van der Waals surface area contributed by atoms with E-state index in [-0.39, 0.29) is 0 Å². The number of pyridine rings is 2. The van der Waals surface area contributed by atoms with Crippen LogP contribution in [0.1, 0.15) is 11.3 Å². The average Bonchev–Trinajstić information content (AvgIpc) is 2.95. The van der Waals surface area contributed by atoms with E-state index in [4.69, 9.17) is 0 Å². The van der Waals surface area contributed by atoms with Crippen LogP contribution < -0.4 is 5.32 Å². The number of nitrogens with one attached hydrogen (secondary N) is 1. The van der Waals surface area contributed by atoms with Gasteiger partial charge in [0, 0.05) is 18.6 Å². The molecule has 4 heterocycles. The number of hydrogen-bond donors (Lipinski definition) is 1. The monoisotopic (exact) mass is 290 g/mol. The predicted molar refractivity (Wildman–Crippen MR) is 84.6 cm³/mol. The fraction of sp³-hybridized carbons (Fsp3) is 0.125. The summed E-state index contributed by atoms with van der Waals surface area (Å²) < 4.78 is 2.02. The van der Waals surface area contributed by atoms with Crippen molar-refractivity contribution in [3.63, 3.8) is 0 Å². The fourth-order valence-corrected chi connectivity index (χ4v) is 2.43. The van der Waals surface area contributed by atoms with Gasteiger partial charge in [0.05, 0.1) is 17.6 Å². The Labute approximate surface area is 126 Å². The molecule has 1 N–H and O–H groups in total. The Morgan fingerprint density at radius 3 is 3.09 bits per heavy atom. The normalized spacial score (nSPS) is 11.1. The molecule has 4 rings (SSSR count). The van der Waals surface area contributed by atoms with E-state index in [1.54, 1.807) is 6.20 Å². The highest BCUT2D eigenvalue weighted by atomic mass is 15.1. The van der Waals surface area contributed by atoms with Gasteiger partial charge < -0.3 is 9.72 Å². The van der Waals surface area contributed by atoms with Gasteiger partial charge in [-0.25, -0.2) is 19.9 Å². The smallest absolute Gasteiger partial charge is 0.164 e. The van der Waals surface area contributed by atoms with Crippen LogP contribution in [-0.2, 0) is 6.54 Å². The topological polar surface area (TPSA) is 68.0 Å². The van der Waals surface area contributed by atoms with E-state index in [1.807, 2.05) is 28.9 Å². The van der Waals surface area contributed by atoms with Gasteiger partial charge >= 0.3 is 0 Å². The first-order chi connectivity index (χ1) is 10.8. The summed E-state index contributed by atoms with van der Waals surface area (Å²) in [5.41, 5.74) is 3.79. The minimum absolute atomic E-state index is 0.599. The van der Waals surface area contributed by atoms with Gasteiger partial charge in [0.25, 0.3) is 0 Å². The molecule has 0 radical (unpaired) electrons. The third-order valence-corrected chi connectivity index (χ3v) is 3.51. The molecule has 4 aromatic rings. The number of nitrogens with zero attached hydrogens (tertiary/aromatic N) is 5. The largest absolute Gasteiger partial charge is 0.364 e. The molecule has 0 spiro atoms. The van der Waals surface area contributed by atoms with Crippen molar-refractivity contribution in [3.05, 3.63) is 60.4 Å². The van der Waals surface area contributed by atoms with Crippen LogP contribution in [0.5, 0.6) is 0 Å². The third-order valence-electron chi connectivity index (χ3n) is 3.51. The second kappa shape index (κ2) is 5.07. The first kappa shape index (κ1) is 12.7. The SMILES string of the molecule is Cc1ccn2cc(CNc3ncnc4ncccc34)nc2c1. The standard InChI is InChI=1S/C16H14N6/c1-11-4-6-22-9-12(21-14(22)7-11)8-18-16-13-3-2-5-17-15(13)19-10-20-16/h2-7,9-10H,8H2,1H3,(H,17,18,19,20). The molecule has 6 nitrogen and oxygen atoms in total. The molecule has 0 aliphatic heterocycles. The van der Waals surface area contributed by atoms with Gasteiger partial charge in [-0.15, -0.1) is 0 Å². The lowest BCUT2D eigenvalue weighted by Gasteiger charge is -2.05. The van der Waals surface area contributed by atoms with Crippen LogP contribution in [0.25, 0.3) is 16.7 Å². The minimum Gasteiger partial charge on any atom is -0.364 e. The maximum absolute atomic E-state index is 4.61. The average molecular weight is 290 g/mol. The number of aromatic nitrogens is 5. The highest BCUT2D eigenvalue weighted by Crippen LogP contribution is 2.17. The third kappa shape index (κ3) is 2.24. The van der Waals surface area contributed by atoms with Crippen molar-refractivity contribution in [2.24, 2.45) is 0 Å². The molecule has 0 aromatic carbocycles. The van der Waals surface area contributed by atoms with Crippen LogP contribution in [-0.4, -0.2) is 24.3 Å². The van der Waals surface area contributed by atoms with Crippen molar-refractivity contribution in [3.8, 4) is 0 Å². The van der Waals surface area contributed by atoms with Gasteiger partial charge in [-0.3, -0.25) is 0 Å². The first-order valence-electron chi connectivity index (χ1n) is 7.03. The fourth-order valence-electron chi connectivity index (χ4n) is 2.43. The van der Waals surface area contributed by atoms with Gasteiger partial charge in [0.2, 0.25) is 0 Å². The van der Waals surface area contributed by atoms with Crippen LogP contribution in [0, 0.1) is 6.92 Å². The van der Waals surface area contributed by atoms with Crippen LogP contribution >= 0.6 is 0 Å². The molecular weight excluding hydrogens is 276 g/mol. The Morgan fingerprint density at radius 2 is 2.14 bits per heavy atom. The van der Waals surface area contributed by atoms with Crippen molar-refractivity contribution < 1.29 is 0 Å². The molecule has 0 saturated carbocycles. The summed E-state index contributed by atoms with van der Waals surface area (Å²) in [6.45, 7) is 2.66. The second-order valence-electron chi connectivity index (χ2n) is 5.15. The van der Waals surface area contributed by atoms with Crippen molar-refractivity contribution in [1.29, 1.82) is 0 Å². The Morgan fingerprint density at radius 1 is 1.18 bits per heavy atom. The van der Waals surface area contributed by atoms with E-state index in [0.29, 0.717) is 12.2 Å². The first-order valence-corrected chi connectivity index (χ1v) is 7.03. The molecule has 0 saturated heterocycles. The van der Waals surface area contributed by atoms with Crippen LogP contribution in [0.3, 0.4) is 0 Å². The van der Waals surface area contributed by atoms with E-state index in [2.05, 4.69) is 44.3 Å². The molecule has 0 bridgehead atoms. The lowest BCUT2D eigenvalue weighted by molar-refractivity contribution is 1.05. The van der Waals surface area contributed by atoms with E-state index in [9.17, 15) is 0 Å². The number of hydrogen-bond acceptors (Lipinski definition) is 5. The summed E-state index contributed by atoms with van der Waals surface area (Å²) in [4.78, 5) is 17.3.